The van der Waals surface area contributed by atoms with Gasteiger partial charge in [0.05, 0.1) is 6.10 Å². The second kappa shape index (κ2) is 3.55. The van der Waals surface area contributed by atoms with E-state index in [0.717, 1.165) is 6.54 Å². The van der Waals surface area contributed by atoms with Gasteiger partial charge in [-0.2, -0.15) is 0 Å². The summed E-state index contributed by atoms with van der Waals surface area (Å²) in [6, 6.07) is 1.35. The Balaban J connectivity index is 2.45. The molecule has 0 spiro atoms. The summed E-state index contributed by atoms with van der Waals surface area (Å²) >= 11 is 0. The summed E-state index contributed by atoms with van der Waals surface area (Å²) in [4.78, 5) is 2.49. The molecule has 2 heteroatoms. The monoisotopic (exact) mass is 157 g/mol. The van der Waals surface area contributed by atoms with Gasteiger partial charge in [0, 0.05) is 25.7 Å². The number of hydrogen-bond acceptors (Lipinski definition) is 2. The van der Waals surface area contributed by atoms with E-state index in [1.807, 2.05) is 0 Å². The van der Waals surface area contributed by atoms with Crippen molar-refractivity contribution in [3.8, 4) is 0 Å². The molecule has 0 aromatic rings. The molecule has 1 heterocycles. The molecule has 11 heavy (non-hydrogen) atoms. The van der Waals surface area contributed by atoms with Crippen LogP contribution in [0.3, 0.4) is 0 Å². The van der Waals surface area contributed by atoms with Crippen molar-refractivity contribution in [2.45, 2.75) is 45.4 Å². The van der Waals surface area contributed by atoms with Crippen LogP contribution in [-0.4, -0.2) is 36.7 Å². The van der Waals surface area contributed by atoms with Gasteiger partial charge in [0.2, 0.25) is 0 Å². The third kappa shape index (κ3) is 1.94. The van der Waals surface area contributed by atoms with E-state index >= 15 is 0 Å². The van der Waals surface area contributed by atoms with Gasteiger partial charge in [0.25, 0.3) is 0 Å². The lowest BCUT2D eigenvalue weighted by Gasteiger charge is -2.24. The minimum absolute atomic E-state index is 0.465. The molecule has 2 nitrogen and oxygen atoms in total. The standard InChI is InChI=1S/C9H19NO/c1-7(2)10-6-9(11-4)5-8(10)3/h7-9H,5-6H2,1-4H3. The summed E-state index contributed by atoms with van der Waals surface area (Å²) in [7, 11) is 1.81. The SMILES string of the molecule is COC1CC(C)N(C(C)C)C1. The first-order chi connectivity index (χ1) is 5.15. The largest absolute Gasteiger partial charge is 0.380 e. The summed E-state index contributed by atoms with van der Waals surface area (Å²) in [5.41, 5.74) is 0. The van der Waals surface area contributed by atoms with Gasteiger partial charge in [-0.1, -0.05) is 0 Å². The van der Waals surface area contributed by atoms with Crippen LogP contribution in [-0.2, 0) is 4.74 Å². The zero-order valence-electron chi connectivity index (χ0n) is 8.00. The van der Waals surface area contributed by atoms with E-state index < -0.39 is 0 Å². The number of likely N-dealkylation sites (tertiary alicyclic amines) is 1. The van der Waals surface area contributed by atoms with E-state index in [1.54, 1.807) is 7.11 Å². The summed E-state index contributed by atoms with van der Waals surface area (Å²) in [5.74, 6) is 0. The summed E-state index contributed by atoms with van der Waals surface area (Å²) in [5, 5.41) is 0. The lowest BCUT2D eigenvalue weighted by molar-refractivity contribution is 0.103. The van der Waals surface area contributed by atoms with Crippen molar-refractivity contribution in [2.75, 3.05) is 13.7 Å². The summed E-state index contributed by atoms with van der Waals surface area (Å²) < 4.78 is 5.32. The third-order valence-electron chi connectivity index (χ3n) is 2.58. The molecule has 0 N–H and O–H groups in total. The van der Waals surface area contributed by atoms with Crippen LogP contribution in [0.25, 0.3) is 0 Å². The van der Waals surface area contributed by atoms with Crippen molar-refractivity contribution >= 4 is 0 Å². The van der Waals surface area contributed by atoms with Crippen molar-refractivity contribution in [1.29, 1.82) is 0 Å². The molecule has 0 aliphatic carbocycles. The van der Waals surface area contributed by atoms with Crippen LogP contribution in [0.15, 0.2) is 0 Å². The molecule has 0 aromatic carbocycles. The minimum Gasteiger partial charge on any atom is -0.380 e. The average Bonchev–Trinajstić information content (AvgIpc) is 2.30. The lowest BCUT2D eigenvalue weighted by atomic mass is 10.2. The number of nitrogens with zero attached hydrogens (tertiary/aromatic N) is 1. The van der Waals surface area contributed by atoms with Crippen molar-refractivity contribution in [1.82, 2.24) is 4.90 Å². The minimum atomic E-state index is 0.465. The van der Waals surface area contributed by atoms with Crippen LogP contribution in [0, 0.1) is 0 Å². The van der Waals surface area contributed by atoms with Gasteiger partial charge >= 0.3 is 0 Å². The molecule has 1 saturated heterocycles. The molecule has 1 aliphatic heterocycles. The highest BCUT2D eigenvalue weighted by atomic mass is 16.5. The van der Waals surface area contributed by atoms with Crippen molar-refractivity contribution < 1.29 is 4.74 Å². The fourth-order valence-corrected chi connectivity index (χ4v) is 1.90. The van der Waals surface area contributed by atoms with Gasteiger partial charge in [-0.3, -0.25) is 4.90 Å². The maximum Gasteiger partial charge on any atom is 0.0713 e. The molecule has 2 unspecified atom stereocenters. The quantitative estimate of drug-likeness (QED) is 0.602. The summed E-state index contributed by atoms with van der Waals surface area (Å²) in [6.45, 7) is 7.87. The first kappa shape index (κ1) is 9.01. The fraction of sp³-hybridized carbons (Fsp3) is 1.00. The van der Waals surface area contributed by atoms with E-state index in [0.29, 0.717) is 18.2 Å². The first-order valence-electron chi connectivity index (χ1n) is 4.43. The Hall–Kier alpha value is -0.0800. The second-order valence-corrected chi connectivity index (χ2v) is 3.73. The predicted molar refractivity (Wildman–Crippen MR) is 46.7 cm³/mol. The van der Waals surface area contributed by atoms with E-state index in [2.05, 4.69) is 25.7 Å². The Labute approximate surface area is 69.5 Å². The predicted octanol–water partition coefficient (Wildman–Crippen LogP) is 1.50. The van der Waals surface area contributed by atoms with Crippen molar-refractivity contribution in [3.63, 3.8) is 0 Å². The van der Waals surface area contributed by atoms with Crippen LogP contribution in [0.5, 0.6) is 0 Å². The van der Waals surface area contributed by atoms with Crippen LogP contribution < -0.4 is 0 Å². The summed E-state index contributed by atoms with van der Waals surface area (Å²) in [6.07, 6.45) is 1.65. The van der Waals surface area contributed by atoms with Crippen LogP contribution in [0.2, 0.25) is 0 Å². The molecule has 66 valence electrons. The van der Waals surface area contributed by atoms with E-state index in [9.17, 15) is 0 Å². The number of methoxy groups -OCH3 is 1. The average molecular weight is 157 g/mol. The third-order valence-corrected chi connectivity index (χ3v) is 2.58. The highest BCUT2D eigenvalue weighted by Crippen LogP contribution is 2.21. The normalized spacial score (nSPS) is 33.5. The molecule has 0 saturated carbocycles. The van der Waals surface area contributed by atoms with Gasteiger partial charge in [-0.25, -0.2) is 0 Å². The van der Waals surface area contributed by atoms with Gasteiger partial charge in [0.1, 0.15) is 0 Å². The zero-order chi connectivity index (χ0) is 8.43. The van der Waals surface area contributed by atoms with E-state index in [-0.39, 0.29) is 0 Å². The smallest absolute Gasteiger partial charge is 0.0713 e. The molecule has 2 atom stereocenters. The Bertz CT molecular complexity index is 125. The molecule has 0 aromatic heterocycles. The molecule has 1 fully saturated rings. The van der Waals surface area contributed by atoms with E-state index in [1.165, 1.54) is 6.42 Å². The highest BCUT2D eigenvalue weighted by Gasteiger charge is 2.30. The number of ether oxygens (including phenoxy) is 1. The van der Waals surface area contributed by atoms with Crippen molar-refractivity contribution in [2.24, 2.45) is 0 Å². The zero-order valence-corrected chi connectivity index (χ0v) is 8.00. The topological polar surface area (TPSA) is 12.5 Å². The first-order valence-corrected chi connectivity index (χ1v) is 4.43. The number of hydrogen-bond donors (Lipinski definition) is 0. The van der Waals surface area contributed by atoms with E-state index in [4.69, 9.17) is 4.74 Å². The van der Waals surface area contributed by atoms with Crippen LogP contribution in [0.1, 0.15) is 27.2 Å². The Morgan fingerprint density at radius 1 is 1.45 bits per heavy atom. The molecular formula is C9H19NO. The van der Waals surface area contributed by atoms with Crippen molar-refractivity contribution in [3.05, 3.63) is 0 Å². The molecule has 0 bridgehead atoms. The molecule has 1 rings (SSSR count). The Kier molecular flexibility index (Phi) is 2.90. The number of rotatable bonds is 2. The highest BCUT2D eigenvalue weighted by molar-refractivity contribution is 4.84. The Morgan fingerprint density at radius 3 is 2.36 bits per heavy atom. The second-order valence-electron chi connectivity index (χ2n) is 3.73. The van der Waals surface area contributed by atoms with Crippen LogP contribution >= 0.6 is 0 Å². The van der Waals surface area contributed by atoms with Gasteiger partial charge < -0.3 is 4.74 Å². The van der Waals surface area contributed by atoms with Gasteiger partial charge in [-0.15, -0.1) is 0 Å². The maximum absolute atomic E-state index is 5.32. The molecular weight excluding hydrogens is 138 g/mol. The Morgan fingerprint density at radius 2 is 2.09 bits per heavy atom. The maximum atomic E-state index is 5.32. The molecule has 0 radical (unpaired) electrons. The van der Waals surface area contributed by atoms with Gasteiger partial charge in [0.15, 0.2) is 0 Å². The molecule has 1 aliphatic rings. The molecule has 0 amide bonds. The van der Waals surface area contributed by atoms with Gasteiger partial charge in [-0.05, 0) is 27.2 Å². The lowest BCUT2D eigenvalue weighted by Crippen LogP contribution is -2.34. The fourth-order valence-electron chi connectivity index (χ4n) is 1.90. The van der Waals surface area contributed by atoms with Crippen LogP contribution in [0.4, 0.5) is 0 Å².